The molecule has 0 radical (unpaired) electrons. The molecule has 0 aliphatic carbocycles. The van der Waals surface area contributed by atoms with Crippen LogP contribution in [0.5, 0.6) is 17.2 Å². The van der Waals surface area contributed by atoms with Crippen molar-refractivity contribution in [1.29, 1.82) is 0 Å². The van der Waals surface area contributed by atoms with Crippen LogP contribution >= 0.6 is 22.6 Å². The molecule has 0 bridgehead atoms. The van der Waals surface area contributed by atoms with Crippen LogP contribution < -0.4 is 24.2 Å². The number of ether oxygens (including phenoxy) is 3. The summed E-state index contributed by atoms with van der Waals surface area (Å²) in [6.45, 7) is 9.24. The van der Waals surface area contributed by atoms with Crippen molar-refractivity contribution in [3.8, 4) is 28.6 Å². The highest BCUT2D eigenvalue weighted by Gasteiger charge is 2.40. The molecule has 4 aromatic carbocycles. The fourth-order valence-corrected chi connectivity index (χ4v) is 11.5. The van der Waals surface area contributed by atoms with Gasteiger partial charge in [0.25, 0.3) is 0 Å². The van der Waals surface area contributed by atoms with Gasteiger partial charge in [-0.2, -0.15) is 9.10 Å². The van der Waals surface area contributed by atoms with E-state index in [0.29, 0.717) is 31.9 Å². The number of carbonyl (C=O) groups is 1. The molecule has 0 fully saturated rings. The molecule has 0 saturated carbocycles. The fourth-order valence-electron chi connectivity index (χ4n) is 5.90. The van der Waals surface area contributed by atoms with Crippen molar-refractivity contribution in [1.82, 2.24) is 34.6 Å². The first-order valence-electron chi connectivity index (χ1n) is 19.3. The molecule has 21 heteroatoms. The second-order valence-electron chi connectivity index (χ2n) is 15.8. The zero-order chi connectivity index (χ0) is 45.5. The predicted molar refractivity (Wildman–Crippen MR) is 244 cm³/mol. The Labute approximate surface area is 377 Å². The summed E-state index contributed by atoms with van der Waals surface area (Å²) in [6.07, 6.45) is -1.38. The van der Waals surface area contributed by atoms with E-state index in [-0.39, 0.29) is 49.2 Å². The number of sulfonamides is 2. The Hall–Kier alpha value is -4.65. The first-order valence-corrected chi connectivity index (χ1v) is 26.2. The smallest absolute Gasteiger partial charge is 0.404 e. The molecule has 62 heavy (non-hydrogen) atoms. The van der Waals surface area contributed by atoms with Gasteiger partial charge in [0.05, 0.1) is 46.1 Å². The summed E-state index contributed by atoms with van der Waals surface area (Å²) in [5.74, 6) is 1.63. The molecule has 1 atom stereocenters. The summed E-state index contributed by atoms with van der Waals surface area (Å²) in [5, 5.41) is 24.6. The van der Waals surface area contributed by atoms with Gasteiger partial charge in [-0.15, -0.1) is 10.2 Å². The molecular weight excluding hydrogens is 970 g/mol. The maximum atomic E-state index is 15.6. The van der Waals surface area contributed by atoms with E-state index in [1.54, 1.807) is 67.8 Å². The van der Waals surface area contributed by atoms with E-state index in [1.807, 2.05) is 68.6 Å². The lowest BCUT2D eigenvalue weighted by molar-refractivity contribution is 0.190. The molecule has 17 nitrogen and oxygen atoms in total. The summed E-state index contributed by atoms with van der Waals surface area (Å²) in [6, 6.07) is 22.4. The van der Waals surface area contributed by atoms with Gasteiger partial charge in [-0.1, -0.05) is 57.2 Å². The number of hydrogen-bond donors (Lipinski definition) is 3. The van der Waals surface area contributed by atoms with Gasteiger partial charge < -0.3 is 29.1 Å². The van der Waals surface area contributed by atoms with Crippen molar-refractivity contribution in [2.45, 2.75) is 74.4 Å². The lowest BCUT2D eigenvalue weighted by atomic mass is 10.2. The quantitative estimate of drug-likeness (QED) is 0.0574. The predicted octanol–water partition coefficient (Wildman–Crippen LogP) is 6.35. The maximum absolute atomic E-state index is 15.6. The van der Waals surface area contributed by atoms with Gasteiger partial charge in [0.1, 0.15) is 27.0 Å². The molecule has 0 spiro atoms. The van der Waals surface area contributed by atoms with Gasteiger partial charge in [-0.3, -0.25) is 0 Å². The highest BCUT2D eigenvalue weighted by Crippen LogP contribution is 2.39. The number of carboxylic acid groups (broad SMARTS) is 1. The first kappa shape index (κ1) is 48.4. The van der Waals surface area contributed by atoms with Crippen LogP contribution in [-0.4, -0.2) is 101 Å². The average Bonchev–Trinajstić information content (AvgIpc) is 3.69. The van der Waals surface area contributed by atoms with E-state index in [1.165, 1.54) is 35.5 Å². The Morgan fingerprint density at radius 3 is 1.79 bits per heavy atom. The third kappa shape index (κ3) is 12.1. The molecule has 0 saturated heterocycles. The Bertz CT molecular complexity index is 2490. The van der Waals surface area contributed by atoms with Crippen LogP contribution in [0.15, 0.2) is 94.7 Å². The van der Waals surface area contributed by atoms with E-state index in [9.17, 15) is 18.3 Å². The number of nitrogens with one attached hydrogen (secondary N) is 2. The topological polar surface area (TPSA) is 213 Å². The van der Waals surface area contributed by atoms with Crippen LogP contribution in [-0.2, 0) is 44.1 Å². The molecule has 0 aliphatic heterocycles. The number of methoxy groups -OCH3 is 3. The number of hydrogen-bond acceptors (Lipinski definition) is 12. The van der Waals surface area contributed by atoms with Crippen LogP contribution in [0, 0.1) is 3.57 Å². The number of rotatable bonds is 20. The van der Waals surface area contributed by atoms with Crippen molar-refractivity contribution in [3.05, 3.63) is 105 Å². The number of halogens is 1. The lowest BCUT2D eigenvalue weighted by Gasteiger charge is -2.37. The molecule has 334 valence electrons. The van der Waals surface area contributed by atoms with E-state index in [2.05, 4.69) is 25.4 Å². The largest absolute Gasteiger partial charge is 0.497 e. The van der Waals surface area contributed by atoms with Crippen molar-refractivity contribution < 1.29 is 45.4 Å². The number of amides is 1. The van der Waals surface area contributed by atoms with Gasteiger partial charge >= 0.3 is 6.09 Å². The molecule has 1 aromatic heterocycles. The Morgan fingerprint density at radius 1 is 0.823 bits per heavy atom. The minimum atomic E-state index is -4.84. The van der Waals surface area contributed by atoms with Crippen molar-refractivity contribution in [2.75, 3.05) is 34.5 Å². The monoisotopic (exact) mass is 1020 g/mol. The van der Waals surface area contributed by atoms with Crippen molar-refractivity contribution in [3.63, 3.8) is 0 Å². The summed E-state index contributed by atoms with van der Waals surface area (Å²) in [7, 11) is -7.51. The molecular formula is C41H52IN7O10S2Si. The van der Waals surface area contributed by atoms with E-state index < -0.39 is 50.3 Å². The lowest BCUT2D eigenvalue weighted by Crippen LogP contribution is -2.50. The van der Waals surface area contributed by atoms with Crippen LogP contribution in [0.2, 0.25) is 18.1 Å². The van der Waals surface area contributed by atoms with Crippen molar-refractivity contribution >= 4 is 57.0 Å². The molecule has 1 heterocycles. The van der Waals surface area contributed by atoms with E-state index >= 15 is 8.42 Å². The second kappa shape index (κ2) is 20.2. The van der Waals surface area contributed by atoms with Gasteiger partial charge in [-0.05, 0) is 111 Å². The number of benzene rings is 4. The van der Waals surface area contributed by atoms with Gasteiger partial charge in [0.15, 0.2) is 8.32 Å². The third-order valence-electron chi connectivity index (χ3n) is 10.4. The van der Waals surface area contributed by atoms with Crippen molar-refractivity contribution in [2.24, 2.45) is 0 Å². The molecule has 5 aromatic rings. The van der Waals surface area contributed by atoms with Gasteiger partial charge in [0, 0.05) is 23.2 Å². The fraction of sp³-hybridized carbons (Fsp3) is 0.366. The minimum Gasteiger partial charge on any atom is -0.497 e. The zero-order valence-corrected chi connectivity index (χ0v) is 40.5. The van der Waals surface area contributed by atoms with E-state index in [4.69, 9.17) is 18.6 Å². The standard InChI is InChI=1S/C41H52IN7O10S2Si/c1-41(2,3)62(7,8)59-27-31(23-43-40(50)51)46-60(52,53)36-22-21-35(42)37(39-44-47-49(45-39)26-30-13-19-34(58-6)20-14-30)38(36)61(54,55)48(24-28-9-15-32(56-4)16-10-28)25-29-11-17-33(57-5)18-12-29/h9-22,31,43,46H,23-27H2,1-8H3,(H,50,51)/t31-/m0/s1. The highest BCUT2D eigenvalue weighted by atomic mass is 127. The average molecular weight is 1020 g/mol. The molecule has 5 rings (SSSR count). The number of nitrogens with zero attached hydrogens (tertiary/aromatic N) is 5. The number of tetrazole rings is 1. The molecule has 1 amide bonds. The number of aromatic nitrogens is 4. The summed E-state index contributed by atoms with van der Waals surface area (Å²) < 4.78 is 87.2. The second-order valence-corrected chi connectivity index (χ2v) is 25.3. The normalized spacial score (nSPS) is 12.9. The third-order valence-corrected chi connectivity index (χ3v) is 19.4. The summed E-state index contributed by atoms with van der Waals surface area (Å²) in [4.78, 5) is 11.7. The van der Waals surface area contributed by atoms with Gasteiger partial charge in [0.2, 0.25) is 25.9 Å². The molecule has 3 N–H and O–H groups in total. The van der Waals surface area contributed by atoms with Crippen LogP contribution in [0.3, 0.4) is 0 Å². The molecule has 0 aliphatic rings. The van der Waals surface area contributed by atoms with Crippen LogP contribution in [0.4, 0.5) is 4.79 Å². The Balaban J connectivity index is 1.70. The Morgan fingerprint density at radius 2 is 1.32 bits per heavy atom. The zero-order valence-electron chi connectivity index (χ0n) is 35.7. The molecule has 0 unspecified atom stereocenters. The SMILES string of the molecule is COc1ccc(CN(Cc2ccc(OC)cc2)S(=O)(=O)c2c(S(=O)(=O)N[C@@H](CNC(=O)O)CO[Si](C)(C)C(C)(C)C)ccc(I)c2-c2nnn(Cc3ccc(OC)cc3)n2)cc1. The minimum absolute atomic E-state index is 0.0957. The van der Waals surface area contributed by atoms with Gasteiger partial charge in [-0.25, -0.2) is 26.4 Å². The maximum Gasteiger partial charge on any atom is 0.404 e. The van der Waals surface area contributed by atoms with Crippen LogP contribution in [0.25, 0.3) is 11.4 Å². The van der Waals surface area contributed by atoms with Crippen LogP contribution in [0.1, 0.15) is 37.5 Å². The Kier molecular flexibility index (Phi) is 15.8. The highest BCUT2D eigenvalue weighted by molar-refractivity contribution is 14.1. The summed E-state index contributed by atoms with van der Waals surface area (Å²) >= 11 is 1.93. The first-order chi connectivity index (χ1) is 29.2. The van der Waals surface area contributed by atoms with E-state index in [0.717, 1.165) is 5.56 Å². The summed E-state index contributed by atoms with van der Waals surface area (Å²) in [5.41, 5.74) is 1.87.